The first-order valence-corrected chi connectivity index (χ1v) is 11.2. The number of halogens is 2. The molecule has 1 heterocycles. The topological polar surface area (TPSA) is 109 Å². The molecule has 3 atom stereocenters. The summed E-state index contributed by atoms with van der Waals surface area (Å²) >= 11 is 6.56. The molecular formula is C23H31ClFN3O4. The van der Waals surface area contributed by atoms with Crippen molar-refractivity contribution < 1.29 is 23.4 Å². The van der Waals surface area contributed by atoms with Crippen LogP contribution in [0.2, 0.25) is 0 Å². The molecule has 7 nitrogen and oxygen atoms in total. The molecule has 176 valence electrons. The number of methoxy groups -OCH3 is 1. The van der Waals surface area contributed by atoms with Gasteiger partial charge in [-0.3, -0.25) is 10.5 Å². The van der Waals surface area contributed by atoms with Crippen molar-refractivity contribution in [1.29, 1.82) is 0 Å². The fourth-order valence-corrected chi connectivity index (χ4v) is 4.32. The van der Waals surface area contributed by atoms with E-state index in [2.05, 4.69) is 5.32 Å². The van der Waals surface area contributed by atoms with Gasteiger partial charge in [-0.15, -0.1) is 0 Å². The van der Waals surface area contributed by atoms with Gasteiger partial charge in [0.15, 0.2) is 0 Å². The van der Waals surface area contributed by atoms with Crippen LogP contribution in [0.1, 0.15) is 32.1 Å². The average molecular weight is 468 g/mol. The van der Waals surface area contributed by atoms with Crippen LogP contribution in [0, 0.1) is 11.2 Å². The third-order valence-corrected chi connectivity index (χ3v) is 6.30. The summed E-state index contributed by atoms with van der Waals surface area (Å²) in [6.07, 6.45) is 7.20. The van der Waals surface area contributed by atoms with Crippen LogP contribution in [-0.4, -0.2) is 44.5 Å². The van der Waals surface area contributed by atoms with Crippen molar-refractivity contribution in [1.82, 2.24) is 5.32 Å². The first-order valence-electron chi connectivity index (χ1n) is 10.8. The minimum atomic E-state index is -1.49. The first-order chi connectivity index (χ1) is 15.3. The van der Waals surface area contributed by atoms with E-state index >= 15 is 0 Å². The Morgan fingerprint density at radius 2 is 2.03 bits per heavy atom. The predicted molar refractivity (Wildman–Crippen MR) is 120 cm³/mol. The summed E-state index contributed by atoms with van der Waals surface area (Å²) in [6, 6.07) is 5.90. The van der Waals surface area contributed by atoms with Gasteiger partial charge in [0, 0.05) is 6.04 Å². The zero-order valence-electron chi connectivity index (χ0n) is 18.2. The van der Waals surface area contributed by atoms with Crippen molar-refractivity contribution in [3.63, 3.8) is 0 Å². The largest absolute Gasteiger partial charge is 0.496 e. The molecule has 1 aromatic carbocycles. The van der Waals surface area contributed by atoms with E-state index in [-0.39, 0.29) is 22.7 Å². The van der Waals surface area contributed by atoms with Crippen LogP contribution in [0.3, 0.4) is 0 Å². The molecule has 0 bridgehead atoms. The minimum absolute atomic E-state index is 0.144. The third kappa shape index (κ3) is 5.61. The molecule has 1 aliphatic carbocycles. The monoisotopic (exact) mass is 467 g/mol. The van der Waals surface area contributed by atoms with Crippen molar-refractivity contribution in [3.8, 4) is 5.75 Å². The molecule has 1 aromatic rings. The van der Waals surface area contributed by atoms with Crippen molar-refractivity contribution in [3.05, 3.63) is 53.0 Å². The van der Waals surface area contributed by atoms with E-state index in [1.807, 2.05) is 0 Å². The fourth-order valence-electron chi connectivity index (χ4n) is 3.98. The maximum atomic E-state index is 13.0. The second kappa shape index (κ2) is 10.7. The number of piperidine rings is 1. The number of benzene rings is 1. The molecule has 1 saturated heterocycles. The third-order valence-electron chi connectivity index (χ3n) is 5.91. The molecule has 0 saturated carbocycles. The van der Waals surface area contributed by atoms with Gasteiger partial charge in [0.1, 0.15) is 17.3 Å². The summed E-state index contributed by atoms with van der Waals surface area (Å²) in [7, 11) is 1.45. The summed E-state index contributed by atoms with van der Waals surface area (Å²) in [4.78, 5) is 12.4. The lowest BCUT2D eigenvalue weighted by Gasteiger charge is -2.39. The standard InChI is InChI=1S/C23H31ClFN3O4/c1-30-20-14-22(21(26)29,10-4-12-31-18-8-6-16(25)7-9-18)13-19(24)23(20,27)32-15-17-5-2-3-11-28-17/h6-9,13-14,17,28H,2-5,10-12,15,27H2,1H3,(H2,26,29). The zero-order chi connectivity index (χ0) is 23.2. The van der Waals surface area contributed by atoms with E-state index in [0.717, 1.165) is 25.8 Å². The Bertz CT molecular complexity index is 857. The molecule has 9 heteroatoms. The number of nitrogens with one attached hydrogen (secondary N) is 1. The molecule has 2 aliphatic rings. The van der Waals surface area contributed by atoms with Gasteiger partial charge >= 0.3 is 0 Å². The second-order valence-corrected chi connectivity index (χ2v) is 8.62. The minimum Gasteiger partial charge on any atom is -0.496 e. The Morgan fingerprint density at radius 1 is 1.28 bits per heavy atom. The van der Waals surface area contributed by atoms with E-state index in [0.29, 0.717) is 31.8 Å². The molecule has 1 aliphatic heterocycles. The molecule has 0 aromatic heterocycles. The Hall–Kier alpha value is -2.13. The lowest BCUT2D eigenvalue weighted by Crippen LogP contribution is -2.53. The number of carbonyl (C=O) groups excluding carboxylic acids is 1. The van der Waals surface area contributed by atoms with Crippen molar-refractivity contribution in [2.75, 3.05) is 26.9 Å². The van der Waals surface area contributed by atoms with Gasteiger partial charge < -0.3 is 25.3 Å². The summed E-state index contributed by atoms with van der Waals surface area (Å²) in [5.41, 5.74) is 9.56. The van der Waals surface area contributed by atoms with Gasteiger partial charge in [-0.1, -0.05) is 18.0 Å². The molecule has 1 fully saturated rings. The number of primary amides is 1. The average Bonchev–Trinajstić information content (AvgIpc) is 2.79. The number of nitrogens with two attached hydrogens (primary N) is 2. The Kier molecular flexibility index (Phi) is 8.16. The van der Waals surface area contributed by atoms with E-state index in [1.165, 1.54) is 19.2 Å². The summed E-state index contributed by atoms with van der Waals surface area (Å²) in [5.74, 6) is -0.145. The van der Waals surface area contributed by atoms with Crippen LogP contribution in [-0.2, 0) is 14.3 Å². The smallest absolute Gasteiger partial charge is 0.231 e. The van der Waals surface area contributed by atoms with Gasteiger partial charge in [0.2, 0.25) is 11.6 Å². The van der Waals surface area contributed by atoms with Crippen LogP contribution in [0.15, 0.2) is 47.2 Å². The predicted octanol–water partition coefficient (Wildman–Crippen LogP) is 2.94. The molecule has 32 heavy (non-hydrogen) atoms. The number of hydrogen-bond acceptors (Lipinski definition) is 6. The number of rotatable bonds is 10. The van der Waals surface area contributed by atoms with Crippen LogP contribution in [0.5, 0.6) is 5.75 Å². The van der Waals surface area contributed by atoms with E-state index in [4.69, 9.17) is 37.3 Å². The first kappa shape index (κ1) is 24.5. The lowest BCUT2D eigenvalue weighted by atomic mass is 9.77. The Balaban J connectivity index is 1.68. The summed E-state index contributed by atoms with van der Waals surface area (Å²) < 4.78 is 30.1. The van der Waals surface area contributed by atoms with E-state index in [1.54, 1.807) is 24.3 Å². The molecule has 1 amide bonds. The van der Waals surface area contributed by atoms with Crippen molar-refractivity contribution >= 4 is 17.5 Å². The molecule has 5 N–H and O–H groups in total. The number of hydrogen-bond donors (Lipinski definition) is 3. The van der Waals surface area contributed by atoms with Crippen LogP contribution in [0.25, 0.3) is 0 Å². The molecule has 0 radical (unpaired) electrons. The Morgan fingerprint density at radius 3 is 2.66 bits per heavy atom. The molecule has 3 unspecified atom stereocenters. The van der Waals surface area contributed by atoms with Crippen molar-refractivity contribution in [2.24, 2.45) is 16.9 Å². The van der Waals surface area contributed by atoms with Gasteiger partial charge in [0.05, 0.1) is 30.8 Å². The highest BCUT2D eigenvalue weighted by molar-refractivity contribution is 6.31. The number of carbonyl (C=O) groups is 1. The van der Waals surface area contributed by atoms with E-state index < -0.39 is 17.0 Å². The normalized spacial score (nSPS) is 27.9. The van der Waals surface area contributed by atoms with Crippen molar-refractivity contribution in [2.45, 2.75) is 43.9 Å². The zero-order valence-corrected chi connectivity index (χ0v) is 19.0. The maximum absolute atomic E-state index is 13.0. The number of amides is 1. The lowest BCUT2D eigenvalue weighted by molar-refractivity contribution is -0.124. The highest BCUT2D eigenvalue weighted by atomic mass is 35.5. The van der Waals surface area contributed by atoms with Crippen LogP contribution < -0.4 is 21.5 Å². The quantitative estimate of drug-likeness (QED) is 0.360. The molecule has 0 spiro atoms. The second-order valence-electron chi connectivity index (χ2n) is 8.21. The summed E-state index contributed by atoms with van der Waals surface area (Å²) in [6.45, 7) is 1.60. The molecule has 3 rings (SSSR count). The summed E-state index contributed by atoms with van der Waals surface area (Å²) in [5, 5.41) is 3.54. The SMILES string of the molecule is COC1=CC(CCCOc2ccc(F)cc2)(C(N)=O)C=C(Cl)C1(N)OCC1CCCCN1. The molecular weight excluding hydrogens is 437 g/mol. The highest BCUT2D eigenvalue weighted by Gasteiger charge is 2.47. The van der Waals surface area contributed by atoms with Crippen LogP contribution in [0.4, 0.5) is 4.39 Å². The van der Waals surface area contributed by atoms with Gasteiger partial charge in [0.25, 0.3) is 0 Å². The van der Waals surface area contributed by atoms with Gasteiger partial charge in [-0.25, -0.2) is 4.39 Å². The highest BCUT2D eigenvalue weighted by Crippen LogP contribution is 2.42. The van der Waals surface area contributed by atoms with Gasteiger partial charge in [-0.05, 0) is 68.6 Å². The van der Waals surface area contributed by atoms with E-state index in [9.17, 15) is 9.18 Å². The Labute approximate surface area is 192 Å². The van der Waals surface area contributed by atoms with Gasteiger partial charge in [-0.2, -0.15) is 0 Å². The van der Waals surface area contributed by atoms with Crippen LogP contribution >= 0.6 is 11.6 Å². The fraction of sp³-hybridized carbons (Fsp3) is 0.522. The number of ether oxygens (including phenoxy) is 3. The maximum Gasteiger partial charge on any atom is 0.231 e.